The Hall–Kier alpha value is -5.41. The Morgan fingerprint density at radius 2 is 1.20 bits per heavy atom. The Balaban J connectivity index is 1.36. The first-order valence-electron chi connectivity index (χ1n) is 17.5. The summed E-state index contributed by atoms with van der Waals surface area (Å²) >= 11 is 0. The molecule has 51 heavy (non-hydrogen) atoms. The van der Waals surface area contributed by atoms with Crippen molar-refractivity contribution in [3.63, 3.8) is 0 Å². The van der Waals surface area contributed by atoms with E-state index in [1.54, 1.807) is 47.4 Å². The van der Waals surface area contributed by atoms with Gasteiger partial charge in [-0.1, -0.05) is 116 Å². The smallest absolute Gasteiger partial charge is 0.264 e. The number of ether oxygens (including phenoxy) is 1. The molecule has 1 atom stereocenters. The molecule has 0 spiro atoms. The van der Waals surface area contributed by atoms with Gasteiger partial charge in [0.25, 0.3) is 10.0 Å². The van der Waals surface area contributed by atoms with E-state index in [4.69, 9.17) is 4.74 Å². The standard InChI is InChI=1S/C42H43N3O5S/c46-41(32-45(51(48,49)39-24-14-5-15-25-39)36-26-28-38(29-27-36)50-37-22-12-4-13-23-37)44(31-34-18-8-2-9-19-34)40(30-33-16-6-1-7-17-33)42(47)43-35-20-10-3-11-21-35/h1-2,4-9,12-19,22-29,35,40H,3,10-11,20-21,30-32H2,(H,43,47)/t40-/m1/s1. The molecule has 0 unspecified atom stereocenters. The van der Waals surface area contributed by atoms with E-state index < -0.39 is 28.5 Å². The summed E-state index contributed by atoms with van der Waals surface area (Å²) in [5, 5.41) is 3.25. The minimum Gasteiger partial charge on any atom is -0.457 e. The second-order valence-electron chi connectivity index (χ2n) is 12.8. The third kappa shape index (κ3) is 9.43. The Kier molecular flexibility index (Phi) is 11.8. The van der Waals surface area contributed by atoms with Crippen molar-refractivity contribution in [1.29, 1.82) is 0 Å². The average molecular weight is 702 g/mol. The van der Waals surface area contributed by atoms with Crippen LogP contribution in [0.4, 0.5) is 5.69 Å². The minimum atomic E-state index is -4.21. The molecule has 1 saturated carbocycles. The third-order valence-corrected chi connectivity index (χ3v) is 10.9. The topological polar surface area (TPSA) is 96.0 Å². The van der Waals surface area contributed by atoms with Gasteiger partial charge < -0.3 is 15.0 Å². The summed E-state index contributed by atoms with van der Waals surface area (Å²) in [7, 11) is -4.21. The summed E-state index contributed by atoms with van der Waals surface area (Å²) in [6.45, 7) is -0.400. The molecule has 1 aliphatic carbocycles. The van der Waals surface area contributed by atoms with Crippen LogP contribution in [0.15, 0.2) is 150 Å². The molecule has 6 rings (SSSR count). The van der Waals surface area contributed by atoms with Crippen LogP contribution in [0.5, 0.6) is 11.5 Å². The number of para-hydroxylation sites is 1. The predicted molar refractivity (Wildman–Crippen MR) is 200 cm³/mol. The maximum Gasteiger partial charge on any atom is 0.264 e. The molecule has 1 aliphatic rings. The lowest BCUT2D eigenvalue weighted by molar-refractivity contribution is -0.140. The van der Waals surface area contributed by atoms with Crippen molar-refractivity contribution in [1.82, 2.24) is 10.2 Å². The normalized spacial score (nSPS) is 13.9. The van der Waals surface area contributed by atoms with E-state index in [1.165, 1.54) is 12.1 Å². The Bertz CT molecular complexity index is 1950. The van der Waals surface area contributed by atoms with Crippen molar-refractivity contribution in [2.45, 2.75) is 62.0 Å². The number of anilines is 1. The van der Waals surface area contributed by atoms with Crippen molar-refractivity contribution in [3.05, 3.63) is 157 Å². The molecule has 0 bridgehead atoms. The van der Waals surface area contributed by atoms with Crippen LogP contribution in [0, 0.1) is 0 Å². The highest BCUT2D eigenvalue weighted by Crippen LogP contribution is 2.29. The molecule has 2 amide bonds. The van der Waals surface area contributed by atoms with Gasteiger partial charge in [-0.15, -0.1) is 0 Å². The van der Waals surface area contributed by atoms with Gasteiger partial charge in [0.15, 0.2) is 0 Å². The third-order valence-electron chi connectivity index (χ3n) is 9.13. The van der Waals surface area contributed by atoms with Gasteiger partial charge in [-0.05, 0) is 72.5 Å². The van der Waals surface area contributed by atoms with E-state index in [0.717, 1.165) is 47.5 Å². The lowest BCUT2D eigenvalue weighted by Gasteiger charge is -2.35. The molecule has 1 N–H and O–H groups in total. The van der Waals surface area contributed by atoms with E-state index in [-0.39, 0.29) is 29.8 Å². The molecular weight excluding hydrogens is 659 g/mol. The molecule has 9 heteroatoms. The molecule has 262 valence electrons. The van der Waals surface area contributed by atoms with E-state index >= 15 is 0 Å². The maximum absolute atomic E-state index is 14.8. The van der Waals surface area contributed by atoms with Gasteiger partial charge in [-0.25, -0.2) is 8.42 Å². The number of rotatable bonds is 14. The zero-order valence-electron chi connectivity index (χ0n) is 28.5. The molecule has 0 heterocycles. The van der Waals surface area contributed by atoms with Crippen molar-refractivity contribution < 1.29 is 22.7 Å². The summed E-state index contributed by atoms with van der Waals surface area (Å²) in [4.78, 5) is 30.6. The van der Waals surface area contributed by atoms with Gasteiger partial charge in [0.05, 0.1) is 10.6 Å². The quantitative estimate of drug-likeness (QED) is 0.128. The number of nitrogens with zero attached hydrogens (tertiary/aromatic N) is 2. The number of nitrogens with one attached hydrogen (secondary N) is 1. The maximum atomic E-state index is 14.8. The highest BCUT2D eigenvalue weighted by molar-refractivity contribution is 7.92. The second-order valence-corrected chi connectivity index (χ2v) is 14.7. The van der Waals surface area contributed by atoms with Crippen LogP contribution in [-0.4, -0.2) is 43.8 Å². The molecule has 0 radical (unpaired) electrons. The van der Waals surface area contributed by atoms with Gasteiger partial charge in [0.2, 0.25) is 11.8 Å². The number of carbonyl (C=O) groups excluding carboxylic acids is 2. The van der Waals surface area contributed by atoms with Crippen molar-refractivity contribution >= 4 is 27.5 Å². The van der Waals surface area contributed by atoms with Crippen LogP contribution >= 0.6 is 0 Å². The fourth-order valence-electron chi connectivity index (χ4n) is 6.43. The van der Waals surface area contributed by atoms with E-state index in [0.29, 0.717) is 17.2 Å². The Morgan fingerprint density at radius 1 is 0.667 bits per heavy atom. The number of carbonyl (C=O) groups is 2. The summed E-state index contributed by atoms with van der Waals surface area (Å²) in [5.74, 6) is 0.417. The van der Waals surface area contributed by atoms with Crippen LogP contribution in [-0.2, 0) is 32.6 Å². The predicted octanol–water partition coefficient (Wildman–Crippen LogP) is 7.76. The first-order valence-corrected chi connectivity index (χ1v) is 18.9. The lowest BCUT2D eigenvalue weighted by atomic mass is 9.94. The SMILES string of the molecule is O=C(NC1CCCCC1)[C@@H](Cc1ccccc1)N(Cc1ccccc1)C(=O)CN(c1ccc(Oc2ccccc2)cc1)S(=O)(=O)c1ccccc1. The van der Waals surface area contributed by atoms with E-state index in [2.05, 4.69) is 5.32 Å². The summed E-state index contributed by atoms with van der Waals surface area (Å²) < 4.78 is 35.7. The van der Waals surface area contributed by atoms with Gasteiger partial charge in [0, 0.05) is 19.0 Å². The largest absolute Gasteiger partial charge is 0.457 e. The lowest BCUT2D eigenvalue weighted by Crippen LogP contribution is -2.55. The molecule has 0 aromatic heterocycles. The van der Waals surface area contributed by atoms with Crippen molar-refractivity contribution in [3.8, 4) is 11.5 Å². The van der Waals surface area contributed by atoms with Crippen LogP contribution in [0.1, 0.15) is 43.2 Å². The first-order chi connectivity index (χ1) is 24.9. The zero-order chi connectivity index (χ0) is 35.5. The zero-order valence-corrected chi connectivity index (χ0v) is 29.3. The first kappa shape index (κ1) is 35.4. The molecule has 5 aromatic carbocycles. The van der Waals surface area contributed by atoms with E-state index in [9.17, 15) is 18.0 Å². The number of hydrogen-bond acceptors (Lipinski definition) is 5. The molecular formula is C42H43N3O5S. The number of amides is 2. The molecule has 0 saturated heterocycles. The molecule has 5 aromatic rings. The Labute approximate surface area is 300 Å². The van der Waals surface area contributed by atoms with Gasteiger partial charge in [-0.2, -0.15) is 0 Å². The average Bonchev–Trinajstić information content (AvgIpc) is 3.17. The fraction of sp³-hybridized carbons (Fsp3) is 0.238. The Morgan fingerprint density at radius 3 is 1.80 bits per heavy atom. The van der Waals surface area contributed by atoms with Gasteiger partial charge in [0.1, 0.15) is 24.1 Å². The summed E-state index contributed by atoms with van der Waals surface area (Å²) in [6.07, 6.45) is 5.29. The number of benzene rings is 5. The second kappa shape index (κ2) is 17.0. The van der Waals surface area contributed by atoms with Crippen LogP contribution in [0.25, 0.3) is 0 Å². The number of hydrogen-bond donors (Lipinski definition) is 1. The van der Waals surface area contributed by atoms with Crippen molar-refractivity contribution in [2.75, 3.05) is 10.8 Å². The van der Waals surface area contributed by atoms with Crippen LogP contribution < -0.4 is 14.4 Å². The van der Waals surface area contributed by atoms with Crippen LogP contribution in [0.2, 0.25) is 0 Å². The van der Waals surface area contributed by atoms with E-state index in [1.807, 2.05) is 91.0 Å². The summed E-state index contributed by atoms with van der Waals surface area (Å²) in [5.41, 5.74) is 2.02. The molecule has 8 nitrogen and oxygen atoms in total. The molecule has 1 fully saturated rings. The fourth-order valence-corrected chi connectivity index (χ4v) is 7.87. The minimum absolute atomic E-state index is 0.0322. The molecule has 0 aliphatic heterocycles. The highest BCUT2D eigenvalue weighted by Gasteiger charge is 2.35. The van der Waals surface area contributed by atoms with Gasteiger partial charge in [-0.3, -0.25) is 13.9 Å². The van der Waals surface area contributed by atoms with Crippen molar-refractivity contribution in [2.24, 2.45) is 0 Å². The van der Waals surface area contributed by atoms with Crippen LogP contribution in [0.3, 0.4) is 0 Å². The monoisotopic (exact) mass is 701 g/mol. The van der Waals surface area contributed by atoms with Gasteiger partial charge >= 0.3 is 0 Å². The number of sulfonamides is 1. The highest BCUT2D eigenvalue weighted by atomic mass is 32.2. The summed E-state index contributed by atoms with van der Waals surface area (Å²) in [6, 6.07) is 42.2.